The van der Waals surface area contributed by atoms with Crippen LogP contribution in [0.5, 0.6) is 0 Å². The second-order valence-electron chi connectivity index (χ2n) is 5.45. The maximum atomic E-state index is 12.3. The number of ether oxygens (including phenoxy) is 1. The first-order valence-electron chi connectivity index (χ1n) is 7.42. The van der Waals surface area contributed by atoms with Crippen LogP contribution < -0.4 is 0 Å². The summed E-state index contributed by atoms with van der Waals surface area (Å²) in [6.07, 6.45) is 0.0801. The number of esters is 2. The van der Waals surface area contributed by atoms with Gasteiger partial charge >= 0.3 is 11.9 Å². The Hall–Kier alpha value is -2.94. The summed E-state index contributed by atoms with van der Waals surface area (Å²) >= 11 is 0. The summed E-state index contributed by atoms with van der Waals surface area (Å²) in [5.74, 6) is -1.16. The van der Waals surface area contributed by atoms with Gasteiger partial charge in [0.2, 0.25) is 0 Å². The molecular formula is C20H16O3. The zero-order chi connectivity index (χ0) is 16.2. The Morgan fingerprint density at radius 3 is 2.35 bits per heavy atom. The fraction of sp³-hybridized carbons (Fsp3) is 0.100. The lowest BCUT2D eigenvalue weighted by molar-refractivity contribution is -0.137. The molecule has 0 atom stereocenters. The standard InChI is InChI=1S/C20H16O3/c1-14-9-11-15(12-10-14)13-19(21)23-20(22)18-8-4-6-16-5-2-3-7-17(16)18/h2-12H,13H2,1H3. The van der Waals surface area contributed by atoms with Crippen LogP contribution in [-0.2, 0) is 16.0 Å². The molecule has 0 spiro atoms. The molecule has 0 saturated carbocycles. The Morgan fingerprint density at radius 1 is 0.870 bits per heavy atom. The minimum absolute atomic E-state index is 0.0801. The largest absolute Gasteiger partial charge is 0.389 e. The van der Waals surface area contributed by atoms with Crippen molar-refractivity contribution in [1.82, 2.24) is 0 Å². The minimum atomic E-state index is -0.612. The van der Waals surface area contributed by atoms with Crippen LogP contribution in [0.2, 0.25) is 0 Å². The molecule has 3 aromatic carbocycles. The van der Waals surface area contributed by atoms with Gasteiger partial charge in [0.1, 0.15) is 0 Å². The van der Waals surface area contributed by atoms with Crippen molar-refractivity contribution in [2.75, 3.05) is 0 Å². The molecule has 0 unspecified atom stereocenters. The fourth-order valence-electron chi connectivity index (χ4n) is 2.47. The molecular weight excluding hydrogens is 288 g/mol. The third-order valence-electron chi connectivity index (χ3n) is 3.69. The molecule has 3 aromatic rings. The fourth-order valence-corrected chi connectivity index (χ4v) is 2.47. The quantitative estimate of drug-likeness (QED) is 0.541. The van der Waals surface area contributed by atoms with Crippen LogP contribution >= 0.6 is 0 Å². The molecule has 0 bridgehead atoms. The molecule has 3 rings (SSSR count). The molecule has 0 heterocycles. The Bertz CT molecular complexity index is 858. The third kappa shape index (κ3) is 3.46. The summed E-state index contributed by atoms with van der Waals surface area (Å²) < 4.78 is 5.00. The molecule has 0 N–H and O–H groups in total. The van der Waals surface area contributed by atoms with Gasteiger partial charge in [-0.3, -0.25) is 4.79 Å². The lowest BCUT2D eigenvalue weighted by Gasteiger charge is -2.06. The van der Waals surface area contributed by atoms with Crippen molar-refractivity contribution in [3.63, 3.8) is 0 Å². The Labute approximate surface area is 134 Å². The molecule has 0 aromatic heterocycles. The van der Waals surface area contributed by atoms with Gasteiger partial charge in [0.25, 0.3) is 0 Å². The lowest BCUT2D eigenvalue weighted by Crippen LogP contribution is -2.15. The minimum Gasteiger partial charge on any atom is -0.389 e. The van der Waals surface area contributed by atoms with Gasteiger partial charge in [-0.1, -0.05) is 66.2 Å². The molecule has 0 aliphatic heterocycles. The first-order valence-corrected chi connectivity index (χ1v) is 7.42. The van der Waals surface area contributed by atoms with Crippen molar-refractivity contribution in [3.8, 4) is 0 Å². The van der Waals surface area contributed by atoms with Crippen molar-refractivity contribution in [1.29, 1.82) is 0 Å². The summed E-state index contributed by atoms with van der Waals surface area (Å²) in [5.41, 5.74) is 2.35. The monoisotopic (exact) mass is 304 g/mol. The van der Waals surface area contributed by atoms with E-state index in [2.05, 4.69) is 0 Å². The van der Waals surface area contributed by atoms with Gasteiger partial charge in [0, 0.05) is 0 Å². The van der Waals surface area contributed by atoms with E-state index in [9.17, 15) is 9.59 Å². The van der Waals surface area contributed by atoms with E-state index in [0.717, 1.165) is 21.9 Å². The SMILES string of the molecule is Cc1ccc(CC(=O)OC(=O)c2cccc3ccccc23)cc1. The Kier molecular flexibility index (Phi) is 4.20. The number of fused-ring (bicyclic) bond motifs is 1. The first kappa shape index (κ1) is 15.0. The van der Waals surface area contributed by atoms with Crippen molar-refractivity contribution in [2.45, 2.75) is 13.3 Å². The molecule has 0 aliphatic carbocycles. The summed E-state index contributed by atoms with van der Waals surface area (Å²) in [4.78, 5) is 24.2. The summed E-state index contributed by atoms with van der Waals surface area (Å²) in [6.45, 7) is 1.98. The number of rotatable bonds is 3. The zero-order valence-electron chi connectivity index (χ0n) is 12.8. The van der Waals surface area contributed by atoms with E-state index in [1.54, 1.807) is 12.1 Å². The number of benzene rings is 3. The highest BCUT2D eigenvalue weighted by atomic mass is 16.6. The summed E-state index contributed by atoms with van der Waals surface area (Å²) in [7, 11) is 0. The van der Waals surface area contributed by atoms with Gasteiger partial charge < -0.3 is 4.74 Å². The Morgan fingerprint density at radius 2 is 1.57 bits per heavy atom. The van der Waals surface area contributed by atoms with E-state index in [4.69, 9.17) is 4.74 Å². The maximum absolute atomic E-state index is 12.3. The van der Waals surface area contributed by atoms with Crippen molar-refractivity contribution >= 4 is 22.7 Å². The second-order valence-corrected chi connectivity index (χ2v) is 5.45. The maximum Gasteiger partial charge on any atom is 0.346 e. The molecule has 0 amide bonds. The molecule has 3 heteroatoms. The highest BCUT2D eigenvalue weighted by Gasteiger charge is 2.15. The molecule has 114 valence electrons. The van der Waals surface area contributed by atoms with Crippen molar-refractivity contribution in [3.05, 3.63) is 83.4 Å². The molecule has 0 fully saturated rings. The highest BCUT2D eigenvalue weighted by molar-refractivity contribution is 6.07. The van der Waals surface area contributed by atoms with Crippen LogP contribution in [0.3, 0.4) is 0 Å². The number of carbonyl (C=O) groups is 2. The zero-order valence-corrected chi connectivity index (χ0v) is 12.8. The van der Waals surface area contributed by atoms with Crippen LogP contribution in [0.1, 0.15) is 21.5 Å². The summed E-state index contributed by atoms with van der Waals surface area (Å²) in [5, 5.41) is 1.72. The smallest absolute Gasteiger partial charge is 0.346 e. The topological polar surface area (TPSA) is 43.4 Å². The van der Waals surface area contributed by atoms with Gasteiger partial charge in [-0.05, 0) is 29.3 Å². The van der Waals surface area contributed by atoms with Gasteiger partial charge in [-0.25, -0.2) is 4.79 Å². The van der Waals surface area contributed by atoms with Crippen LogP contribution in [0.15, 0.2) is 66.7 Å². The average molecular weight is 304 g/mol. The van der Waals surface area contributed by atoms with Gasteiger partial charge in [0.15, 0.2) is 0 Å². The predicted molar refractivity (Wildman–Crippen MR) is 89.3 cm³/mol. The van der Waals surface area contributed by atoms with Crippen molar-refractivity contribution < 1.29 is 14.3 Å². The third-order valence-corrected chi connectivity index (χ3v) is 3.69. The molecule has 3 nitrogen and oxygen atoms in total. The average Bonchev–Trinajstić information content (AvgIpc) is 2.56. The molecule has 0 aliphatic rings. The van der Waals surface area contributed by atoms with Crippen LogP contribution in [0, 0.1) is 6.92 Å². The van der Waals surface area contributed by atoms with E-state index in [-0.39, 0.29) is 6.42 Å². The van der Waals surface area contributed by atoms with Gasteiger partial charge in [-0.2, -0.15) is 0 Å². The van der Waals surface area contributed by atoms with Crippen LogP contribution in [0.4, 0.5) is 0 Å². The van der Waals surface area contributed by atoms with Crippen LogP contribution in [0.25, 0.3) is 10.8 Å². The van der Waals surface area contributed by atoms with E-state index in [1.807, 2.05) is 61.5 Å². The van der Waals surface area contributed by atoms with E-state index in [1.165, 1.54) is 0 Å². The lowest BCUT2D eigenvalue weighted by atomic mass is 10.0. The number of hydrogen-bond acceptors (Lipinski definition) is 3. The second kappa shape index (κ2) is 6.44. The summed E-state index contributed by atoms with van der Waals surface area (Å²) in [6, 6.07) is 20.5. The van der Waals surface area contributed by atoms with Gasteiger partial charge in [-0.15, -0.1) is 0 Å². The number of carbonyl (C=O) groups excluding carboxylic acids is 2. The molecule has 0 saturated heterocycles. The first-order chi connectivity index (χ1) is 11.1. The number of hydrogen-bond donors (Lipinski definition) is 0. The van der Waals surface area contributed by atoms with E-state index in [0.29, 0.717) is 5.56 Å². The normalized spacial score (nSPS) is 10.5. The highest BCUT2D eigenvalue weighted by Crippen LogP contribution is 2.19. The number of aryl methyl sites for hydroxylation is 1. The van der Waals surface area contributed by atoms with E-state index < -0.39 is 11.9 Å². The van der Waals surface area contributed by atoms with Crippen LogP contribution in [-0.4, -0.2) is 11.9 Å². The van der Waals surface area contributed by atoms with E-state index >= 15 is 0 Å². The Balaban J connectivity index is 1.75. The van der Waals surface area contributed by atoms with Gasteiger partial charge in [0.05, 0.1) is 12.0 Å². The molecule has 0 radical (unpaired) electrons. The molecule has 23 heavy (non-hydrogen) atoms. The predicted octanol–water partition coefficient (Wildman–Crippen LogP) is 4.07. The van der Waals surface area contributed by atoms with Crippen molar-refractivity contribution in [2.24, 2.45) is 0 Å².